The standard InChI is InChI=1S/C16H19N3OS/c1-10-14(11-4-7-19(10)8-5-11)18-15(20)13-9-12-3-2-6-17-16(12)21-13/h2-3,6,9-11,14H,4-5,7-8H2,1H3,(H,18,20)/t10-,14-/m0/s1. The average molecular weight is 301 g/mol. The van der Waals surface area contributed by atoms with E-state index < -0.39 is 0 Å². The van der Waals surface area contributed by atoms with E-state index in [0.29, 0.717) is 12.0 Å². The first kappa shape index (κ1) is 13.2. The Hall–Kier alpha value is -1.46. The average Bonchev–Trinajstić information content (AvgIpc) is 2.95. The van der Waals surface area contributed by atoms with Crippen molar-refractivity contribution >= 4 is 27.5 Å². The van der Waals surface area contributed by atoms with Crippen LogP contribution < -0.4 is 5.32 Å². The number of amides is 1. The molecule has 3 aliphatic heterocycles. The van der Waals surface area contributed by atoms with E-state index in [0.717, 1.165) is 15.1 Å². The molecule has 110 valence electrons. The maximum atomic E-state index is 12.6. The molecule has 2 bridgehead atoms. The number of fused-ring (bicyclic) bond motifs is 4. The fourth-order valence-electron chi connectivity index (χ4n) is 3.75. The molecule has 3 saturated heterocycles. The first-order valence-corrected chi connectivity index (χ1v) is 8.43. The summed E-state index contributed by atoms with van der Waals surface area (Å²) in [6.07, 6.45) is 4.20. The van der Waals surface area contributed by atoms with Crippen molar-refractivity contribution < 1.29 is 4.79 Å². The lowest BCUT2D eigenvalue weighted by Crippen LogP contribution is -2.62. The van der Waals surface area contributed by atoms with Crippen LogP contribution in [-0.2, 0) is 0 Å². The highest BCUT2D eigenvalue weighted by atomic mass is 32.1. The monoisotopic (exact) mass is 301 g/mol. The van der Waals surface area contributed by atoms with E-state index in [1.165, 1.54) is 37.3 Å². The van der Waals surface area contributed by atoms with Crippen LogP contribution in [0.25, 0.3) is 10.2 Å². The minimum absolute atomic E-state index is 0.0589. The third kappa shape index (κ3) is 2.24. The Morgan fingerprint density at radius 3 is 2.95 bits per heavy atom. The van der Waals surface area contributed by atoms with Gasteiger partial charge >= 0.3 is 0 Å². The lowest BCUT2D eigenvalue weighted by Gasteiger charge is -2.49. The Morgan fingerprint density at radius 2 is 2.24 bits per heavy atom. The molecule has 4 nitrogen and oxygen atoms in total. The molecule has 3 fully saturated rings. The van der Waals surface area contributed by atoms with E-state index in [9.17, 15) is 4.79 Å². The van der Waals surface area contributed by atoms with E-state index in [4.69, 9.17) is 0 Å². The normalized spacial score (nSPS) is 31.5. The summed E-state index contributed by atoms with van der Waals surface area (Å²) in [5.41, 5.74) is 0. The summed E-state index contributed by atoms with van der Waals surface area (Å²) >= 11 is 1.48. The molecule has 0 radical (unpaired) electrons. The van der Waals surface area contributed by atoms with Crippen LogP contribution >= 0.6 is 11.3 Å². The van der Waals surface area contributed by atoms with Gasteiger partial charge in [0, 0.05) is 23.7 Å². The van der Waals surface area contributed by atoms with Crippen molar-refractivity contribution in [1.82, 2.24) is 15.2 Å². The second-order valence-electron chi connectivity index (χ2n) is 6.12. The summed E-state index contributed by atoms with van der Waals surface area (Å²) in [5.74, 6) is 0.699. The van der Waals surface area contributed by atoms with Gasteiger partial charge in [0.25, 0.3) is 5.91 Å². The maximum Gasteiger partial charge on any atom is 0.261 e. The second kappa shape index (κ2) is 5.07. The van der Waals surface area contributed by atoms with Crippen LogP contribution in [0.15, 0.2) is 24.4 Å². The molecule has 2 aromatic heterocycles. The van der Waals surface area contributed by atoms with Gasteiger partial charge in [-0.05, 0) is 50.9 Å². The van der Waals surface area contributed by atoms with Crippen molar-refractivity contribution in [2.45, 2.75) is 31.8 Å². The number of thiophene rings is 1. The van der Waals surface area contributed by atoms with E-state index >= 15 is 0 Å². The Balaban J connectivity index is 1.55. The second-order valence-corrected chi connectivity index (χ2v) is 7.15. The van der Waals surface area contributed by atoms with Gasteiger partial charge in [-0.3, -0.25) is 9.69 Å². The number of nitrogens with zero attached hydrogens (tertiary/aromatic N) is 2. The SMILES string of the molecule is C[C@H]1[C@H](NC(=O)c2cc3cccnc3s2)C2CCN1CC2. The Labute approximate surface area is 128 Å². The van der Waals surface area contributed by atoms with Gasteiger partial charge in [-0.25, -0.2) is 4.98 Å². The van der Waals surface area contributed by atoms with E-state index in [1.54, 1.807) is 6.20 Å². The van der Waals surface area contributed by atoms with Gasteiger partial charge in [-0.2, -0.15) is 0 Å². The third-order valence-electron chi connectivity index (χ3n) is 4.99. The van der Waals surface area contributed by atoms with Crippen molar-refractivity contribution in [2.75, 3.05) is 13.1 Å². The van der Waals surface area contributed by atoms with Crippen molar-refractivity contribution in [3.05, 3.63) is 29.3 Å². The molecule has 2 atom stereocenters. The zero-order valence-electron chi connectivity index (χ0n) is 12.1. The van der Waals surface area contributed by atoms with Gasteiger partial charge in [-0.1, -0.05) is 6.07 Å². The molecule has 3 aliphatic rings. The van der Waals surface area contributed by atoms with Crippen LogP contribution in [0.1, 0.15) is 29.4 Å². The zero-order valence-corrected chi connectivity index (χ0v) is 12.9. The number of nitrogens with one attached hydrogen (secondary N) is 1. The topological polar surface area (TPSA) is 45.2 Å². The van der Waals surface area contributed by atoms with E-state index in [2.05, 4.69) is 22.1 Å². The molecule has 0 spiro atoms. The first-order valence-electron chi connectivity index (χ1n) is 7.62. The van der Waals surface area contributed by atoms with Crippen molar-refractivity contribution in [1.29, 1.82) is 0 Å². The minimum atomic E-state index is 0.0589. The van der Waals surface area contributed by atoms with Crippen LogP contribution in [0.5, 0.6) is 0 Å². The van der Waals surface area contributed by atoms with Gasteiger partial charge in [0.2, 0.25) is 0 Å². The van der Waals surface area contributed by atoms with E-state index in [1.807, 2.05) is 18.2 Å². The van der Waals surface area contributed by atoms with Gasteiger partial charge < -0.3 is 5.32 Å². The highest BCUT2D eigenvalue weighted by molar-refractivity contribution is 7.20. The summed E-state index contributed by atoms with van der Waals surface area (Å²) in [7, 11) is 0. The number of carbonyl (C=O) groups is 1. The quantitative estimate of drug-likeness (QED) is 0.927. The Bertz CT molecular complexity index is 640. The molecule has 1 amide bonds. The fraction of sp³-hybridized carbons (Fsp3) is 0.500. The summed E-state index contributed by atoms with van der Waals surface area (Å²) in [6, 6.07) is 6.61. The predicted molar refractivity (Wildman–Crippen MR) is 84.6 cm³/mol. The van der Waals surface area contributed by atoms with Gasteiger partial charge in [0.1, 0.15) is 4.83 Å². The van der Waals surface area contributed by atoms with Crippen LogP contribution in [0.2, 0.25) is 0 Å². The number of aromatic nitrogens is 1. The number of rotatable bonds is 2. The van der Waals surface area contributed by atoms with Crippen molar-refractivity contribution in [3.63, 3.8) is 0 Å². The number of carbonyl (C=O) groups excluding carboxylic acids is 1. The van der Waals surface area contributed by atoms with Crippen LogP contribution in [-0.4, -0.2) is 41.0 Å². The Morgan fingerprint density at radius 1 is 1.43 bits per heavy atom. The molecule has 5 rings (SSSR count). The third-order valence-corrected chi connectivity index (χ3v) is 6.05. The Kier molecular flexibility index (Phi) is 3.19. The number of pyridine rings is 1. The molecule has 0 saturated carbocycles. The maximum absolute atomic E-state index is 12.6. The van der Waals surface area contributed by atoms with Gasteiger partial charge in [-0.15, -0.1) is 11.3 Å². The van der Waals surface area contributed by atoms with Crippen molar-refractivity contribution in [2.24, 2.45) is 5.92 Å². The van der Waals surface area contributed by atoms with E-state index in [-0.39, 0.29) is 11.9 Å². The highest BCUT2D eigenvalue weighted by Crippen LogP contribution is 2.32. The molecule has 0 aromatic carbocycles. The summed E-state index contributed by atoms with van der Waals surface area (Å²) in [5, 5.41) is 4.33. The fourth-order valence-corrected chi connectivity index (χ4v) is 4.66. The van der Waals surface area contributed by atoms with Gasteiger partial charge in [0.05, 0.1) is 4.88 Å². The first-order chi connectivity index (χ1) is 10.2. The van der Waals surface area contributed by atoms with Crippen molar-refractivity contribution in [3.8, 4) is 0 Å². The molecule has 5 heterocycles. The molecule has 0 unspecified atom stereocenters. The largest absolute Gasteiger partial charge is 0.347 e. The highest BCUT2D eigenvalue weighted by Gasteiger charge is 2.40. The number of hydrogen-bond acceptors (Lipinski definition) is 4. The summed E-state index contributed by atoms with van der Waals surface area (Å²) in [6.45, 7) is 4.61. The van der Waals surface area contributed by atoms with Crippen LogP contribution in [0, 0.1) is 5.92 Å². The molecular formula is C16H19N3OS. The van der Waals surface area contributed by atoms with Crippen LogP contribution in [0.4, 0.5) is 0 Å². The summed E-state index contributed by atoms with van der Waals surface area (Å²) in [4.78, 5) is 21.1. The number of hydrogen-bond donors (Lipinski definition) is 1. The van der Waals surface area contributed by atoms with Crippen LogP contribution in [0.3, 0.4) is 0 Å². The summed E-state index contributed by atoms with van der Waals surface area (Å²) < 4.78 is 0. The molecule has 21 heavy (non-hydrogen) atoms. The molecule has 1 N–H and O–H groups in total. The molecule has 2 aromatic rings. The smallest absolute Gasteiger partial charge is 0.261 e. The number of piperidine rings is 3. The zero-order chi connectivity index (χ0) is 14.4. The molecule has 0 aliphatic carbocycles. The molecule has 5 heteroatoms. The predicted octanol–water partition coefficient (Wildman–Crippen LogP) is 2.51. The molecular weight excluding hydrogens is 282 g/mol. The lowest BCUT2D eigenvalue weighted by atomic mass is 9.79. The lowest BCUT2D eigenvalue weighted by molar-refractivity contribution is 0.0218. The minimum Gasteiger partial charge on any atom is -0.347 e. The van der Waals surface area contributed by atoms with Gasteiger partial charge in [0.15, 0.2) is 0 Å².